The molecule has 8 heteroatoms. The highest BCUT2D eigenvalue weighted by Gasteiger charge is 2.06. The average molecular weight is 368 g/mol. The molecular formula is C18H20N6OS. The van der Waals surface area contributed by atoms with E-state index in [2.05, 4.69) is 31.1 Å². The Labute approximate surface area is 155 Å². The van der Waals surface area contributed by atoms with Crippen LogP contribution in [-0.2, 0) is 0 Å². The standard InChI is InChI=1S/C18H20N6OS/c1-12-3-4-15(21-10-12)22-17-6-5-16(23-24-17)19-7-8-20-18(25)14-9-13(2)11-26-14/h3-6,9-11H,7-8H2,1-2H3,(H,19,23)(H,20,25)(H,21,22,24). The fourth-order valence-electron chi connectivity index (χ4n) is 2.17. The zero-order chi connectivity index (χ0) is 18.4. The van der Waals surface area contributed by atoms with Crippen LogP contribution in [0.3, 0.4) is 0 Å². The van der Waals surface area contributed by atoms with Gasteiger partial charge in [0.15, 0.2) is 5.82 Å². The Morgan fingerprint density at radius 3 is 2.42 bits per heavy atom. The number of amides is 1. The summed E-state index contributed by atoms with van der Waals surface area (Å²) in [6.45, 7) is 5.03. The Bertz CT molecular complexity index is 860. The van der Waals surface area contributed by atoms with E-state index < -0.39 is 0 Å². The molecule has 26 heavy (non-hydrogen) atoms. The summed E-state index contributed by atoms with van der Waals surface area (Å²) in [5.41, 5.74) is 2.20. The van der Waals surface area contributed by atoms with E-state index >= 15 is 0 Å². The van der Waals surface area contributed by atoms with E-state index in [1.807, 2.05) is 49.6 Å². The van der Waals surface area contributed by atoms with Gasteiger partial charge in [-0.2, -0.15) is 0 Å². The van der Waals surface area contributed by atoms with Gasteiger partial charge in [0.05, 0.1) is 4.88 Å². The second kappa shape index (κ2) is 8.39. The van der Waals surface area contributed by atoms with E-state index in [1.54, 1.807) is 6.20 Å². The largest absolute Gasteiger partial charge is 0.367 e. The van der Waals surface area contributed by atoms with E-state index in [1.165, 1.54) is 11.3 Å². The zero-order valence-electron chi connectivity index (χ0n) is 14.6. The first-order chi connectivity index (χ1) is 12.6. The summed E-state index contributed by atoms with van der Waals surface area (Å²) in [5, 5.41) is 19.3. The van der Waals surface area contributed by atoms with Crippen molar-refractivity contribution >= 4 is 34.7 Å². The lowest BCUT2D eigenvalue weighted by molar-refractivity contribution is 0.0959. The van der Waals surface area contributed by atoms with Crippen molar-refractivity contribution in [3.63, 3.8) is 0 Å². The van der Waals surface area contributed by atoms with Gasteiger partial charge >= 0.3 is 0 Å². The van der Waals surface area contributed by atoms with E-state index in [0.717, 1.165) is 21.8 Å². The maximum absolute atomic E-state index is 11.9. The van der Waals surface area contributed by atoms with Gasteiger partial charge in [0, 0.05) is 19.3 Å². The maximum atomic E-state index is 11.9. The molecule has 1 amide bonds. The van der Waals surface area contributed by atoms with Gasteiger partial charge in [0.1, 0.15) is 11.6 Å². The van der Waals surface area contributed by atoms with Crippen LogP contribution in [0.1, 0.15) is 20.8 Å². The molecule has 0 radical (unpaired) electrons. The number of aryl methyl sites for hydroxylation is 2. The summed E-state index contributed by atoms with van der Waals surface area (Å²) < 4.78 is 0. The Morgan fingerprint density at radius 2 is 1.77 bits per heavy atom. The van der Waals surface area contributed by atoms with Gasteiger partial charge in [-0.25, -0.2) is 4.98 Å². The van der Waals surface area contributed by atoms with E-state index in [-0.39, 0.29) is 5.91 Å². The summed E-state index contributed by atoms with van der Waals surface area (Å²) >= 11 is 1.45. The molecule has 0 fully saturated rings. The number of hydrogen-bond acceptors (Lipinski definition) is 7. The third-order valence-corrected chi connectivity index (χ3v) is 4.55. The maximum Gasteiger partial charge on any atom is 0.261 e. The fraction of sp³-hybridized carbons (Fsp3) is 0.222. The van der Waals surface area contributed by atoms with Gasteiger partial charge in [0.2, 0.25) is 0 Å². The Morgan fingerprint density at radius 1 is 1.00 bits per heavy atom. The number of hydrogen-bond donors (Lipinski definition) is 3. The van der Waals surface area contributed by atoms with Gasteiger partial charge in [0.25, 0.3) is 5.91 Å². The molecule has 0 spiro atoms. The van der Waals surface area contributed by atoms with Crippen LogP contribution in [0.4, 0.5) is 17.5 Å². The van der Waals surface area contributed by atoms with E-state index in [4.69, 9.17) is 0 Å². The Hall–Kier alpha value is -3.00. The molecule has 0 aliphatic carbocycles. The van der Waals surface area contributed by atoms with Crippen molar-refractivity contribution in [1.29, 1.82) is 0 Å². The van der Waals surface area contributed by atoms with Crippen LogP contribution in [0.15, 0.2) is 41.9 Å². The summed E-state index contributed by atoms with van der Waals surface area (Å²) in [6, 6.07) is 9.40. The highest BCUT2D eigenvalue weighted by molar-refractivity contribution is 7.12. The van der Waals surface area contributed by atoms with Gasteiger partial charge in [-0.05, 0) is 54.6 Å². The van der Waals surface area contributed by atoms with Gasteiger partial charge < -0.3 is 16.0 Å². The predicted molar refractivity (Wildman–Crippen MR) is 104 cm³/mol. The number of pyridine rings is 1. The molecule has 3 rings (SSSR count). The average Bonchev–Trinajstić information content (AvgIpc) is 3.08. The molecule has 3 aromatic heterocycles. The predicted octanol–water partition coefficient (Wildman–Crippen LogP) is 3.14. The number of carbonyl (C=O) groups is 1. The van der Waals surface area contributed by atoms with E-state index in [9.17, 15) is 4.79 Å². The summed E-state index contributed by atoms with van der Waals surface area (Å²) in [7, 11) is 0. The first kappa shape index (κ1) is 17.8. The zero-order valence-corrected chi connectivity index (χ0v) is 15.4. The molecular weight excluding hydrogens is 348 g/mol. The molecule has 0 saturated heterocycles. The highest BCUT2D eigenvalue weighted by Crippen LogP contribution is 2.14. The Kier molecular flexibility index (Phi) is 5.75. The fourth-order valence-corrected chi connectivity index (χ4v) is 2.98. The lowest BCUT2D eigenvalue weighted by atomic mass is 10.3. The molecule has 3 N–H and O–H groups in total. The SMILES string of the molecule is Cc1ccc(Nc2ccc(NCCNC(=O)c3cc(C)cs3)nn2)nc1. The first-order valence-corrected chi connectivity index (χ1v) is 9.09. The van der Waals surface area contributed by atoms with Crippen molar-refractivity contribution in [2.45, 2.75) is 13.8 Å². The number of thiophene rings is 1. The number of rotatable bonds is 7. The summed E-state index contributed by atoms with van der Waals surface area (Å²) in [6.07, 6.45) is 1.79. The van der Waals surface area contributed by atoms with Crippen molar-refractivity contribution in [2.75, 3.05) is 23.7 Å². The molecule has 0 aromatic carbocycles. The molecule has 0 unspecified atom stereocenters. The van der Waals surface area contributed by atoms with Crippen molar-refractivity contribution < 1.29 is 4.79 Å². The van der Waals surface area contributed by atoms with Gasteiger partial charge in [-0.15, -0.1) is 21.5 Å². The number of anilines is 3. The lowest BCUT2D eigenvalue weighted by Crippen LogP contribution is -2.28. The molecule has 3 aromatic rings. The molecule has 7 nitrogen and oxygen atoms in total. The smallest absolute Gasteiger partial charge is 0.261 e. The van der Waals surface area contributed by atoms with Crippen LogP contribution < -0.4 is 16.0 Å². The molecule has 0 aliphatic rings. The van der Waals surface area contributed by atoms with Gasteiger partial charge in [-0.1, -0.05) is 6.07 Å². The minimum Gasteiger partial charge on any atom is -0.367 e. The van der Waals surface area contributed by atoms with Gasteiger partial charge in [-0.3, -0.25) is 4.79 Å². The van der Waals surface area contributed by atoms with Crippen molar-refractivity contribution in [3.05, 3.63) is 57.9 Å². The summed E-state index contributed by atoms with van der Waals surface area (Å²) in [4.78, 5) is 16.9. The second-order valence-electron chi connectivity index (χ2n) is 5.82. The molecule has 0 aliphatic heterocycles. The van der Waals surface area contributed by atoms with Crippen LogP contribution in [0.5, 0.6) is 0 Å². The van der Waals surface area contributed by atoms with Crippen LogP contribution >= 0.6 is 11.3 Å². The normalized spacial score (nSPS) is 10.4. The van der Waals surface area contributed by atoms with Crippen molar-refractivity contribution in [3.8, 4) is 0 Å². The quantitative estimate of drug-likeness (QED) is 0.555. The molecule has 0 atom stereocenters. The third kappa shape index (κ3) is 5.00. The second-order valence-corrected chi connectivity index (χ2v) is 6.73. The first-order valence-electron chi connectivity index (χ1n) is 8.21. The van der Waals surface area contributed by atoms with Crippen LogP contribution in [0, 0.1) is 13.8 Å². The third-order valence-electron chi connectivity index (χ3n) is 3.50. The number of carbonyl (C=O) groups excluding carboxylic acids is 1. The molecule has 134 valence electrons. The van der Waals surface area contributed by atoms with Crippen LogP contribution in [0.2, 0.25) is 0 Å². The highest BCUT2D eigenvalue weighted by atomic mass is 32.1. The molecule has 0 saturated carbocycles. The number of nitrogens with one attached hydrogen (secondary N) is 3. The summed E-state index contributed by atoms with van der Waals surface area (Å²) in [5.74, 6) is 1.93. The minimum atomic E-state index is -0.0545. The lowest BCUT2D eigenvalue weighted by Gasteiger charge is -2.08. The minimum absolute atomic E-state index is 0.0545. The van der Waals surface area contributed by atoms with E-state index in [0.29, 0.717) is 24.7 Å². The monoisotopic (exact) mass is 368 g/mol. The number of aromatic nitrogens is 3. The molecule has 3 heterocycles. The van der Waals surface area contributed by atoms with Crippen molar-refractivity contribution in [2.24, 2.45) is 0 Å². The van der Waals surface area contributed by atoms with Crippen LogP contribution in [-0.4, -0.2) is 34.2 Å². The number of nitrogens with zero attached hydrogens (tertiary/aromatic N) is 3. The van der Waals surface area contributed by atoms with Crippen LogP contribution in [0.25, 0.3) is 0 Å². The Balaban J connectivity index is 1.42. The molecule has 0 bridgehead atoms. The van der Waals surface area contributed by atoms with Crippen molar-refractivity contribution in [1.82, 2.24) is 20.5 Å². The topological polar surface area (TPSA) is 91.8 Å².